The van der Waals surface area contributed by atoms with Gasteiger partial charge in [0.2, 0.25) is 0 Å². The Labute approximate surface area is 464 Å². The lowest BCUT2D eigenvalue weighted by molar-refractivity contribution is -0.744. The van der Waals surface area contributed by atoms with Crippen LogP contribution in [0.1, 0.15) is 68.0 Å². The topological polar surface area (TPSA) is 56.0 Å². The number of para-hydroxylation sites is 5. The molecular formula is C74H61N4O2+. The average Bonchev–Trinajstić information content (AvgIpc) is 3.87. The van der Waals surface area contributed by atoms with Crippen LogP contribution in [0.15, 0.2) is 238 Å². The quantitative estimate of drug-likeness (QED) is 0.173. The fraction of sp³-hybridized carbons (Fsp3) is 0.189. The van der Waals surface area contributed by atoms with Gasteiger partial charge in [0.25, 0.3) is 0 Å². The number of furan rings is 2. The zero-order valence-electron chi connectivity index (χ0n) is 45.3. The maximum atomic E-state index is 7.72. The van der Waals surface area contributed by atoms with Crippen LogP contribution in [0.5, 0.6) is 0 Å². The first-order valence-corrected chi connectivity index (χ1v) is 29.0. The van der Waals surface area contributed by atoms with E-state index in [4.69, 9.17) is 8.83 Å². The van der Waals surface area contributed by atoms with E-state index in [1.54, 1.807) is 5.57 Å². The first kappa shape index (κ1) is 46.3. The second-order valence-corrected chi connectivity index (χ2v) is 23.7. The van der Waals surface area contributed by atoms with Crippen LogP contribution in [0.3, 0.4) is 0 Å². The molecule has 388 valence electrons. The van der Waals surface area contributed by atoms with Crippen LogP contribution in [-0.4, -0.2) is 33.3 Å². The standard InChI is InChI=1S/C74H60N4O2/c1-44-20-13-14-27-51(44)65-45(2)66(46-21-7-4-8-22-46)76(3)73(75-65)61-42-47(52-30-19-31-57-58-39-37-55-53-28-15-17-32-63(53)77(49-23-9-5-10-24-49)67(55)70(58)79-69(52)57)34-41-62(61)74-43-48(74)35-36-60-59-40-38-56-54-29-16-18-33-64(54)78(50-25-11-6-12-26-50)68(56)71(59)80-72(60)74/h4-19,21-33,35-40,42,44-45,48,65-66,73,75H,20,34,41,43H2,1-3H3/p+1. The Morgan fingerprint density at radius 1 is 0.575 bits per heavy atom. The van der Waals surface area contributed by atoms with E-state index < -0.39 is 0 Å². The van der Waals surface area contributed by atoms with Crippen molar-refractivity contribution < 1.29 is 14.2 Å². The zero-order valence-corrected chi connectivity index (χ0v) is 45.3. The van der Waals surface area contributed by atoms with E-state index in [0.717, 1.165) is 81.4 Å². The highest BCUT2D eigenvalue weighted by Crippen LogP contribution is 2.67. The molecule has 1 saturated heterocycles. The molecule has 17 rings (SSSR count). The maximum absolute atomic E-state index is 7.72. The molecule has 5 heterocycles. The molecule has 6 heteroatoms. The molecule has 8 aromatic carbocycles. The second kappa shape index (κ2) is 17.4. The van der Waals surface area contributed by atoms with Crippen molar-refractivity contribution in [2.75, 3.05) is 7.05 Å². The number of fused-ring (bicyclic) bond motifs is 16. The highest BCUT2D eigenvalue weighted by molar-refractivity contribution is 6.22. The summed E-state index contributed by atoms with van der Waals surface area (Å²) < 4.78 is 20.0. The number of benzene rings is 8. The molecule has 12 aromatic rings. The lowest BCUT2D eigenvalue weighted by Gasteiger charge is -2.48. The summed E-state index contributed by atoms with van der Waals surface area (Å²) in [4.78, 5) is 2.73. The Kier molecular flexibility index (Phi) is 10.1. The largest absolute Gasteiger partial charge is 0.457 e. The number of nitrogens with two attached hydrogens (primary N) is 1. The van der Waals surface area contributed by atoms with Crippen LogP contribution in [-0.2, 0) is 5.41 Å². The third-order valence-electron chi connectivity index (χ3n) is 19.6. The first-order valence-electron chi connectivity index (χ1n) is 29.0. The van der Waals surface area contributed by atoms with E-state index in [2.05, 4.69) is 259 Å². The molecule has 7 unspecified atom stereocenters. The maximum Gasteiger partial charge on any atom is 0.169 e. The van der Waals surface area contributed by atoms with E-state index in [1.807, 2.05) is 0 Å². The minimum absolute atomic E-state index is 0.0171. The van der Waals surface area contributed by atoms with E-state index >= 15 is 0 Å². The Hall–Kier alpha value is -8.68. The summed E-state index contributed by atoms with van der Waals surface area (Å²) in [6.07, 6.45) is 18.6. The number of nitrogens with zero attached hydrogens (tertiary/aromatic N) is 3. The van der Waals surface area contributed by atoms with Crippen LogP contribution in [0.4, 0.5) is 0 Å². The average molecular weight is 1040 g/mol. The van der Waals surface area contributed by atoms with Crippen LogP contribution in [0.25, 0.3) is 99.5 Å². The van der Waals surface area contributed by atoms with Crippen molar-refractivity contribution in [3.63, 3.8) is 0 Å². The molecule has 4 aromatic heterocycles. The predicted octanol–water partition coefficient (Wildman–Crippen LogP) is 17.1. The first-order chi connectivity index (χ1) is 39.4. The van der Waals surface area contributed by atoms with Gasteiger partial charge in [0.15, 0.2) is 17.3 Å². The molecule has 1 aliphatic heterocycles. The molecule has 4 aliphatic carbocycles. The fourth-order valence-electron chi connectivity index (χ4n) is 15.9. The summed E-state index contributed by atoms with van der Waals surface area (Å²) in [7, 11) is 2.41. The molecule has 1 saturated carbocycles. The van der Waals surface area contributed by atoms with E-state index in [-0.39, 0.29) is 23.7 Å². The van der Waals surface area contributed by atoms with Gasteiger partial charge in [0, 0.05) is 77.7 Å². The van der Waals surface area contributed by atoms with Crippen molar-refractivity contribution in [3.8, 4) is 11.4 Å². The number of quaternary nitrogens is 1. The lowest BCUT2D eigenvalue weighted by Crippen LogP contribution is -3.02. The van der Waals surface area contributed by atoms with Gasteiger partial charge in [-0.3, -0.25) is 0 Å². The van der Waals surface area contributed by atoms with Crippen LogP contribution >= 0.6 is 0 Å². The van der Waals surface area contributed by atoms with Crippen molar-refractivity contribution in [1.29, 1.82) is 0 Å². The van der Waals surface area contributed by atoms with Crippen LogP contribution < -0.4 is 5.32 Å². The Morgan fingerprint density at radius 3 is 1.86 bits per heavy atom. The van der Waals surface area contributed by atoms with E-state index in [9.17, 15) is 0 Å². The van der Waals surface area contributed by atoms with E-state index in [0.29, 0.717) is 17.8 Å². The summed E-state index contributed by atoms with van der Waals surface area (Å²) in [5, 5.41) is 11.1. The highest BCUT2D eigenvalue weighted by atomic mass is 16.3. The minimum Gasteiger partial charge on any atom is -0.457 e. The summed E-state index contributed by atoms with van der Waals surface area (Å²) in [5.74, 6) is 2.29. The van der Waals surface area contributed by atoms with Crippen molar-refractivity contribution in [1.82, 2.24) is 14.0 Å². The van der Waals surface area contributed by atoms with Gasteiger partial charge in [-0.15, -0.1) is 0 Å². The molecule has 0 radical (unpaired) electrons. The molecule has 2 N–H and O–H groups in total. The zero-order chi connectivity index (χ0) is 53.0. The molecule has 0 spiro atoms. The number of hydrogen-bond acceptors (Lipinski definition) is 3. The third-order valence-corrected chi connectivity index (χ3v) is 19.6. The fourth-order valence-corrected chi connectivity index (χ4v) is 15.9. The summed E-state index contributed by atoms with van der Waals surface area (Å²) in [6, 6.07) is 67.2. The Balaban J connectivity index is 0.905. The van der Waals surface area contributed by atoms with Gasteiger partial charge < -0.3 is 23.3 Å². The number of aromatic nitrogens is 2. The molecule has 7 atom stereocenters. The van der Waals surface area contributed by atoms with Crippen LogP contribution in [0.2, 0.25) is 0 Å². The molecular weight excluding hydrogens is 977 g/mol. The molecule has 2 fully saturated rings. The second-order valence-electron chi connectivity index (χ2n) is 23.7. The van der Waals surface area contributed by atoms with Crippen molar-refractivity contribution in [2.24, 2.45) is 17.8 Å². The summed E-state index contributed by atoms with van der Waals surface area (Å²) in [5.41, 5.74) is 19.0. The Bertz CT molecular complexity index is 4710. The van der Waals surface area contributed by atoms with Crippen LogP contribution in [0, 0.1) is 17.8 Å². The van der Waals surface area contributed by atoms with Crippen molar-refractivity contribution in [3.05, 3.63) is 252 Å². The normalized spacial score (nSPS) is 23.9. The van der Waals surface area contributed by atoms with E-state index in [1.165, 1.54) is 71.4 Å². The minimum atomic E-state index is -0.284. The van der Waals surface area contributed by atoms with Gasteiger partial charge in [0.1, 0.15) is 17.4 Å². The van der Waals surface area contributed by atoms with Crippen molar-refractivity contribution in [2.45, 2.75) is 63.2 Å². The summed E-state index contributed by atoms with van der Waals surface area (Å²) in [6.45, 7) is 4.94. The van der Waals surface area contributed by atoms with Gasteiger partial charge >= 0.3 is 0 Å². The number of allylic oxidation sites excluding steroid dienone is 6. The van der Waals surface area contributed by atoms with Gasteiger partial charge in [0.05, 0.1) is 27.5 Å². The Morgan fingerprint density at radius 2 is 1.18 bits per heavy atom. The predicted molar refractivity (Wildman–Crippen MR) is 328 cm³/mol. The molecule has 6 nitrogen and oxygen atoms in total. The summed E-state index contributed by atoms with van der Waals surface area (Å²) >= 11 is 0. The number of hydrogen-bond donors (Lipinski definition) is 1. The molecule has 80 heavy (non-hydrogen) atoms. The smallest absolute Gasteiger partial charge is 0.169 e. The van der Waals surface area contributed by atoms with Crippen molar-refractivity contribution >= 4 is 88.2 Å². The third kappa shape index (κ3) is 6.49. The van der Waals surface area contributed by atoms with Gasteiger partial charge in [-0.25, -0.2) is 4.90 Å². The van der Waals surface area contributed by atoms with Gasteiger partial charge in [-0.1, -0.05) is 178 Å². The van der Waals surface area contributed by atoms with Gasteiger partial charge in [-0.2, -0.15) is 0 Å². The molecule has 5 aliphatic rings. The molecule has 0 bridgehead atoms. The highest BCUT2D eigenvalue weighted by Gasteiger charge is 2.63. The molecule has 0 amide bonds. The van der Waals surface area contributed by atoms with Gasteiger partial charge in [-0.05, 0) is 121 Å². The number of rotatable bonds is 7. The lowest BCUT2D eigenvalue weighted by atomic mass is 9.73. The SMILES string of the molecule is CC1CC=CC=C1C1[NH2+]C(C2=C(C34CC3C=Cc3c4oc4c3ccc3c5ccccc5n(-c5ccccc5)c34)CCC(c3cccc4c3oc3c4ccc4c5ccccc5n(-c5ccccc5)c43)=C2)N(C)C(c2ccccc2)C1C. The number of likely N-dealkylation sites (N-methyl/N-ethyl adjacent to an activating group) is 1. The monoisotopic (exact) mass is 1040 g/mol.